The second-order valence-corrected chi connectivity index (χ2v) is 6.50. The molecule has 0 saturated carbocycles. The summed E-state index contributed by atoms with van der Waals surface area (Å²) in [5.74, 6) is 0.0483. The van der Waals surface area contributed by atoms with Crippen LogP contribution >= 0.6 is 11.6 Å². The summed E-state index contributed by atoms with van der Waals surface area (Å²) < 4.78 is 5.75. The van der Waals surface area contributed by atoms with Gasteiger partial charge < -0.3 is 15.0 Å². The molecule has 0 radical (unpaired) electrons. The van der Waals surface area contributed by atoms with Crippen molar-refractivity contribution in [3.8, 4) is 0 Å². The highest BCUT2D eigenvalue weighted by Crippen LogP contribution is 2.29. The van der Waals surface area contributed by atoms with Gasteiger partial charge >= 0.3 is 0 Å². The van der Waals surface area contributed by atoms with Crippen LogP contribution in [0.4, 0.5) is 0 Å². The van der Waals surface area contributed by atoms with Crippen LogP contribution in [0.25, 0.3) is 0 Å². The number of piperidine rings is 1. The first-order chi connectivity index (χ1) is 11.0. The topological polar surface area (TPSA) is 71.5 Å². The normalized spacial score (nSPS) is 23.1. The first-order valence-electron chi connectivity index (χ1n) is 7.85. The van der Waals surface area contributed by atoms with E-state index < -0.39 is 11.8 Å². The molecule has 2 aliphatic heterocycles. The van der Waals surface area contributed by atoms with Crippen molar-refractivity contribution in [1.82, 2.24) is 15.2 Å². The van der Waals surface area contributed by atoms with Crippen LogP contribution in [-0.2, 0) is 20.7 Å². The molecule has 6 nitrogen and oxygen atoms in total. The molecule has 1 N–H and O–H groups in total. The average Bonchev–Trinajstić information content (AvgIpc) is 2.81. The van der Waals surface area contributed by atoms with Gasteiger partial charge in [-0.25, -0.2) is 4.98 Å². The van der Waals surface area contributed by atoms with Gasteiger partial charge in [-0.3, -0.25) is 9.59 Å². The molecule has 1 aromatic rings. The monoisotopic (exact) mass is 337 g/mol. The van der Waals surface area contributed by atoms with E-state index in [1.165, 1.54) is 0 Å². The number of hydrogen-bond acceptors (Lipinski definition) is 4. The first kappa shape index (κ1) is 16.2. The smallest absolute Gasteiger partial charge is 0.251 e. The molecule has 2 fully saturated rings. The SMILES string of the molecule is CC1OC2(CCN(C(=O)CCc3ccc(Cl)nc3)CC2)NC1=O. The summed E-state index contributed by atoms with van der Waals surface area (Å²) in [6.07, 6.45) is 3.66. The molecule has 1 aromatic heterocycles. The number of likely N-dealkylation sites (tertiary alicyclic amines) is 1. The standard InChI is InChI=1S/C16H20ClN3O3/c1-11-15(22)19-16(23-11)6-8-20(9-7-16)14(21)5-3-12-2-4-13(17)18-10-12/h2,4,10-11H,3,5-9H2,1H3,(H,19,22). The second-order valence-electron chi connectivity index (χ2n) is 6.11. The van der Waals surface area contributed by atoms with Crippen LogP contribution in [-0.4, -0.2) is 46.6 Å². The number of amides is 2. The Morgan fingerprint density at radius 3 is 2.78 bits per heavy atom. The van der Waals surface area contributed by atoms with Crippen molar-refractivity contribution in [2.45, 2.75) is 44.4 Å². The van der Waals surface area contributed by atoms with Crippen LogP contribution in [0.15, 0.2) is 18.3 Å². The zero-order valence-electron chi connectivity index (χ0n) is 13.0. The number of aryl methyl sites for hydroxylation is 1. The Balaban J connectivity index is 1.49. The fourth-order valence-corrected chi connectivity index (χ4v) is 3.18. The van der Waals surface area contributed by atoms with E-state index in [0.29, 0.717) is 43.9 Å². The molecule has 3 heterocycles. The van der Waals surface area contributed by atoms with E-state index in [1.54, 1.807) is 19.2 Å². The van der Waals surface area contributed by atoms with Gasteiger partial charge in [0, 0.05) is 38.5 Å². The van der Waals surface area contributed by atoms with E-state index in [4.69, 9.17) is 16.3 Å². The third-order valence-electron chi connectivity index (χ3n) is 4.46. The summed E-state index contributed by atoms with van der Waals surface area (Å²) in [6, 6.07) is 3.62. The van der Waals surface area contributed by atoms with Crippen LogP contribution in [0, 0.1) is 0 Å². The van der Waals surface area contributed by atoms with Crippen molar-refractivity contribution < 1.29 is 14.3 Å². The minimum atomic E-state index is -0.576. The predicted molar refractivity (Wildman–Crippen MR) is 84.8 cm³/mol. The molecule has 3 rings (SSSR count). The molecule has 1 unspecified atom stereocenters. The lowest BCUT2D eigenvalue weighted by Gasteiger charge is -2.38. The molecule has 7 heteroatoms. The Hall–Kier alpha value is -1.66. The summed E-state index contributed by atoms with van der Waals surface area (Å²) in [5, 5.41) is 3.37. The Morgan fingerprint density at radius 1 is 1.48 bits per heavy atom. The van der Waals surface area contributed by atoms with Crippen molar-refractivity contribution in [2.24, 2.45) is 0 Å². The third-order valence-corrected chi connectivity index (χ3v) is 4.69. The number of aromatic nitrogens is 1. The maximum absolute atomic E-state index is 12.3. The Labute approximate surface area is 140 Å². The Kier molecular flexibility index (Phi) is 4.55. The molecular weight excluding hydrogens is 318 g/mol. The fraction of sp³-hybridized carbons (Fsp3) is 0.562. The van der Waals surface area contributed by atoms with Crippen molar-refractivity contribution in [3.05, 3.63) is 29.0 Å². The lowest BCUT2D eigenvalue weighted by Crippen LogP contribution is -2.53. The number of rotatable bonds is 3. The summed E-state index contributed by atoms with van der Waals surface area (Å²) >= 11 is 5.75. The highest BCUT2D eigenvalue weighted by molar-refractivity contribution is 6.29. The molecule has 0 bridgehead atoms. The Morgan fingerprint density at radius 2 is 2.22 bits per heavy atom. The van der Waals surface area contributed by atoms with Gasteiger partial charge in [-0.1, -0.05) is 17.7 Å². The summed E-state index contributed by atoms with van der Waals surface area (Å²) in [7, 11) is 0. The maximum Gasteiger partial charge on any atom is 0.251 e. The van der Waals surface area contributed by atoms with Gasteiger partial charge in [0.25, 0.3) is 5.91 Å². The van der Waals surface area contributed by atoms with Crippen molar-refractivity contribution in [2.75, 3.05) is 13.1 Å². The molecular formula is C16H20ClN3O3. The molecule has 1 atom stereocenters. The van der Waals surface area contributed by atoms with Crippen molar-refractivity contribution in [3.63, 3.8) is 0 Å². The molecule has 2 aliphatic rings. The number of carbonyl (C=O) groups is 2. The van der Waals surface area contributed by atoms with E-state index in [9.17, 15) is 9.59 Å². The van der Waals surface area contributed by atoms with Crippen molar-refractivity contribution >= 4 is 23.4 Å². The number of nitrogens with one attached hydrogen (secondary N) is 1. The van der Waals surface area contributed by atoms with E-state index in [2.05, 4.69) is 10.3 Å². The maximum atomic E-state index is 12.3. The predicted octanol–water partition coefficient (Wildman–Crippen LogP) is 1.52. The van der Waals surface area contributed by atoms with Gasteiger partial charge in [0.05, 0.1) is 0 Å². The van der Waals surface area contributed by atoms with Crippen LogP contribution in [0.1, 0.15) is 31.7 Å². The van der Waals surface area contributed by atoms with E-state index >= 15 is 0 Å². The molecule has 2 amide bonds. The van der Waals surface area contributed by atoms with Crippen molar-refractivity contribution in [1.29, 1.82) is 0 Å². The molecule has 2 saturated heterocycles. The number of pyridine rings is 1. The van der Waals surface area contributed by atoms with Gasteiger partial charge in [-0.2, -0.15) is 0 Å². The average molecular weight is 338 g/mol. The van der Waals surface area contributed by atoms with Crippen LogP contribution < -0.4 is 5.32 Å². The molecule has 124 valence electrons. The number of halogens is 1. The highest BCUT2D eigenvalue weighted by atomic mass is 35.5. The summed E-state index contributed by atoms with van der Waals surface area (Å²) in [6.45, 7) is 2.96. The summed E-state index contributed by atoms with van der Waals surface area (Å²) in [4.78, 5) is 29.8. The van der Waals surface area contributed by atoms with Gasteiger partial charge in [0.15, 0.2) is 0 Å². The number of hydrogen-bond donors (Lipinski definition) is 1. The largest absolute Gasteiger partial charge is 0.343 e. The van der Waals surface area contributed by atoms with E-state index in [-0.39, 0.29) is 11.8 Å². The summed E-state index contributed by atoms with van der Waals surface area (Å²) in [5.41, 5.74) is 0.421. The first-order valence-corrected chi connectivity index (χ1v) is 8.23. The minimum absolute atomic E-state index is 0.0694. The zero-order chi connectivity index (χ0) is 16.4. The lowest BCUT2D eigenvalue weighted by molar-refractivity contribution is -0.138. The lowest BCUT2D eigenvalue weighted by atomic mass is 10.00. The van der Waals surface area contributed by atoms with E-state index in [0.717, 1.165) is 5.56 Å². The van der Waals surface area contributed by atoms with Gasteiger partial charge in [-0.15, -0.1) is 0 Å². The molecule has 0 aliphatic carbocycles. The minimum Gasteiger partial charge on any atom is -0.343 e. The van der Waals surface area contributed by atoms with Gasteiger partial charge in [0.2, 0.25) is 5.91 Å². The zero-order valence-corrected chi connectivity index (χ0v) is 13.8. The fourth-order valence-electron chi connectivity index (χ4n) is 3.07. The van der Waals surface area contributed by atoms with E-state index in [1.807, 2.05) is 11.0 Å². The molecule has 23 heavy (non-hydrogen) atoms. The molecule has 1 spiro atoms. The number of ether oxygens (including phenoxy) is 1. The number of carbonyl (C=O) groups excluding carboxylic acids is 2. The number of nitrogens with zero attached hydrogens (tertiary/aromatic N) is 2. The molecule has 0 aromatic carbocycles. The second kappa shape index (κ2) is 6.45. The highest BCUT2D eigenvalue weighted by Gasteiger charge is 2.45. The Bertz CT molecular complexity index is 597. The van der Waals surface area contributed by atoms with Gasteiger partial charge in [0.1, 0.15) is 17.0 Å². The quantitative estimate of drug-likeness (QED) is 0.849. The van der Waals surface area contributed by atoms with Gasteiger partial charge in [-0.05, 0) is 25.0 Å². The van der Waals surface area contributed by atoms with Crippen LogP contribution in [0.3, 0.4) is 0 Å². The third kappa shape index (κ3) is 3.64. The van der Waals surface area contributed by atoms with Crippen LogP contribution in [0.2, 0.25) is 5.15 Å². The van der Waals surface area contributed by atoms with Crippen LogP contribution in [0.5, 0.6) is 0 Å².